The third-order valence-electron chi connectivity index (χ3n) is 3.31. The van der Waals surface area contributed by atoms with Crippen molar-refractivity contribution in [1.29, 1.82) is 0 Å². The Hall–Kier alpha value is 0.270. The Balaban J connectivity index is 2.16. The molecule has 0 spiro atoms. The van der Waals surface area contributed by atoms with Crippen molar-refractivity contribution >= 4 is 11.8 Å². The lowest BCUT2D eigenvalue weighted by Crippen LogP contribution is -2.30. The zero-order valence-corrected chi connectivity index (χ0v) is 10.9. The summed E-state index contributed by atoms with van der Waals surface area (Å²) in [5.74, 6) is 2.07. The van der Waals surface area contributed by atoms with Gasteiger partial charge in [0.15, 0.2) is 0 Å². The molecule has 3 unspecified atom stereocenters. The van der Waals surface area contributed by atoms with Gasteiger partial charge in [-0.15, -0.1) is 0 Å². The molecule has 1 aliphatic carbocycles. The number of aliphatic hydroxyl groups is 1. The maximum atomic E-state index is 8.90. The molecule has 1 saturated carbocycles. The third kappa shape index (κ3) is 5.23. The average molecular weight is 231 g/mol. The van der Waals surface area contributed by atoms with Gasteiger partial charge in [0.2, 0.25) is 0 Å². The highest BCUT2D eigenvalue weighted by atomic mass is 32.2. The monoisotopic (exact) mass is 231 g/mol. The highest BCUT2D eigenvalue weighted by Crippen LogP contribution is 2.32. The molecule has 2 nitrogen and oxygen atoms in total. The first-order chi connectivity index (χ1) is 7.26. The summed E-state index contributed by atoms with van der Waals surface area (Å²) in [5, 5.41) is 13.0. The summed E-state index contributed by atoms with van der Waals surface area (Å²) in [5.41, 5.74) is 0. The lowest BCUT2D eigenvalue weighted by molar-refractivity contribution is 0.273. The molecule has 1 rings (SSSR count). The molecule has 0 aromatic carbocycles. The highest BCUT2D eigenvalue weighted by molar-refractivity contribution is 7.99. The van der Waals surface area contributed by atoms with Crippen LogP contribution in [0.4, 0.5) is 0 Å². The first-order valence-electron chi connectivity index (χ1n) is 6.16. The fraction of sp³-hybridized carbons (Fsp3) is 1.00. The normalized spacial score (nSPS) is 29.0. The molecule has 0 amide bonds. The molecule has 1 fully saturated rings. The maximum absolute atomic E-state index is 8.90. The molecular weight excluding hydrogens is 206 g/mol. The van der Waals surface area contributed by atoms with Crippen LogP contribution >= 0.6 is 11.8 Å². The van der Waals surface area contributed by atoms with Crippen LogP contribution in [0.1, 0.15) is 39.0 Å². The van der Waals surface area contributed by atoms with E-state index in [1.807, 2.05) is 7.05 Å². The van der Waals surface area contributed by atoms with Crippen molar-refractivity contribution in [2.75, 3.05) is 19.4 Å². The van der Waals surface area contributed by atoms with Crippen LogP contribution in [0.15, 0.2) is 0 Å². The molecule has 2 N–H and O–H groups in total. The number of aliphatic hydroxyl groups excluding tert-OH is 1. The van der Waals surface area contributed by atoms with Gasteiger partial charge >= 0.3 is 0 Å². The van der Waals surface area contributed by atoms with E-state index < -0.39 is 0 Å². The molecule has 0 radical (unpaired) electrons. The largest absolute Gasteiger partial charge is 0.396 e. The Morgan fingerprint density at radius 1 is 1.47 bits per heavy atom. The molecule has 3 heteroatoms. The van der Waals surface area contributed by atoms with Crippen LogP contribution < -0.4 is 5.32 Å². The Morgan fingerprint density at radius 3 is 2.87 bits per heavy atom. The Bertz CT molecular complexity index is 166. The first kappa shape index (κ1) is 13.3. The molecule has 0 saturated heterocycles. The molecular formula is C12H25NOS. The van der Waals surface area contributed by atoms with E-state index in [4.69, 9.17) is 5.11 Å². The van der Waals surface area contributed by atoms with Crippen molar-refractivity contribution < 1.29 is 5.11 Å². The van der Waals surface area contributed by atoms with Gasteiger partial charge in [0, 0.05) is 23.7 Å². The van der Waals surface area contributed by atoms with Gasteiger partial charge in [-0.05, 0) is 32.2 Å². The minimum Gasteiger partial charge on any atom is -0.396 e. The molecule has 0 aliphatic heterocycles. The minimum absolute atomic E-state index is 0.299. The van der Waals surface area contributed by atoms with Crippen molar-refractivity contribution in [2.45, 2.75) is 50.3 Å². The van der Waals surface area contributed by atoms with E-state index in [2.05, 4.69) is 24.0 Å². The molecule has 0 heterocycles. The van der Waals surface area contributed by atoms with Gasteiger partial charge in [-0.2, -0.15) is 11.8 Å². The highest BCUT2D eigenvalue weighted by Gasteiger charge is 2.20. The van der Waals surface area contributed by atoms with Crippen molar-refractivity contribution in [3.63, 3.8) is 0 Å². The molecule has 90 valence electrons. The van der Waals surface area contributed by atoms with Gasteiger partial charge in [0.25, 0.3) is 0 Å². The van der Waals surface area contributed by atoms with Crippen molar-refractivity contribution in [2.24, 2.45) is 5.92 Å². The molecule has 15 heavy (non-hydrogen) atoms. The summed E-state index contributed by atoms with van der Waals surface area (Å²) in [4.78, 5) is 0. The van der Waals surface area contributed by atoms with Gasteiger partial charge in [-0.1, -0.05) is 19.8 Å². The van der Waals surface area contributed by atoms with Gasteiger partial charge in [0.1, 0.15) is 0 Å². The first-order valence-corrected chi connectivity index (χ1v) is 7.20. The van der Waals surface area contributed by atoms with E-state index in [0.717, 1.165) is 23.3 Å². The van der Waals surface area contributed by atoms with E-state index in [1.54, 1.807) is 0 Å². The minimum atomic E-state index is 0.299. The van der Waals surface area contributed by atoms with Gasteiger partial charge in [0.05, 0.1) is 0 Å². The van der Waals surface area contributed by atoms with Crippen LogP contribution in [-0.2, 0) is 0 Å². The zero-order valence-electron chi connectivity index (χ0n) is 10.0. The fourth-order valence-electron chi connectivity index (χ4n) is 2.25. The summed E-state index contributed by atoms with van der Waals surface area (Å²) >= 11 is 2.10. The molecule has 0 aromatic rings. The molecule has 1 aliphatic rings. The van der Waals surface area contributed by atoms with Crippen LogP contribution in [0.2, 0.25) is 0 Å². The zero-order chi connectivity index (χ0) is 11.1. The lowest BCUT2D eigenvalue weighted by atomic mass is 9.91. The van der Waals surface area contributed by atoms with Crippen molar-refractivity contribution in [3.05, 3.63) is 0 Å². The SMILES string of the molecule is CNC(CCO)CSC1CCCC(C)C1. The predicted molar refractivity (Wildman–Crippen MR) is 68.4 cm³/mol. The number of thioether (sulfide) groups is 1. The third-order valence-corrected chi connectivity index (χ3v) is 4.80. The quantitative estimate of drug-likeness (QED) is 0.735. The van der Waals surface area contributed by atoms with Gasteiger partial charge in [-0.3, -0.25) is 0 Å². The summed E-state index contributed by atoms with van der Waals surface area (Å²) in [6, 6.07) is 0.484. The molecule has 0 aromatic heterocycles. The maximum Gasteiger partial charge on any atom is 0.0446 e. The Morgan fingerprint density at radius 2 is 2.27 bits per heavy atom. The summed E-state index contributed by atoms with van der Waals surface area (Å²) in [7, 11) is 1.99. The number of hydrogen-bond donors (Lipinski definition) is 2. The number of hydrogen-bond acceptors (Lipinski definition) is 3. The van der Waals surface area contributed by atoms with Gasteiger partial charge in [-0.25, -0.2) is 0 Å². The summed E-state index contributed by atoms with van der Waals surface area (Å²) in [6.07, 6.45) is 6.49. The van der Waals surface area contributed by atoms with E-state index >= 15 is 0 Å². The molecule has 0 bridgehead atoms. The van der Waals surface area contributed by atoms with Crippen LogP contribution in [0.25, 0.3) is 0 Å². The Labute approximate surface area is 98.2 Å². The second-order valence-corrected chi connectivity index (χ2v) is 6.06. The van der Waals surface area contributed by atoms with Crippen molar-refractivity contribution in [3.8, 4) is 0 Å². The summed E-state index contributed by atoms with van der Waals surface area (Å²) < 4.78 is 0. The van der Waals surface area contributed by atoms with E-state index in [-0.39, 0.29) is 0 Å². The topological polar surface area (TPSA) is 32.3 Å². The fourth-order valence-corrected chi connectivity index (χ4v) is 3.88. The van der Waals surface area contributed by atoms with Crippen LogP contribution in [0, 0.1) is 5.92 Å². The standard InChI is InChI=1S/C12H25NOS/c1-10-4-3-5-12(8-10)15-9-11(13-2)6-7-14/h10-14H,3-9H2,1-2H3. The number of rotatable bonds is 6. The summed E-state index contributed by atoms with van der Waals surface area (Å²) in [6.45, 7) is 2.67. The predicted octanol–water partition coefficient (Wildman–Crippen LogP) is 2.27. The van der Waals surface area contributed by atoms with Crippen LogP contribution in [0.5, 0.6) is 0 Å². The lowest BCUT2D eigenvalue weighted by Gasteiger charge is -2.27. The average Bonchev–Trinajstić information content (AvgIpc) is 2.24. The van der Waals surface area contributed by atoms with E-state index in [1.165, 1.54) is 25.7 Å². The smallest absolute Gasteiger partial charge is 0.0446 e. The second-order valence-electron chi connectivity index (χ2n) is 4.72. The van der Waals surface area contributed by atoms with Crippen LogP contribution in [0.3, 0.4) is 0 Å². The second kappa shape index (κ2) is 7.53. The van der Waals surface area contributed by atoms with Crippen molar-refractivity contribution in [1.82, 2.24) is 5.32 Å². The van der Waals surface area contributed by atoms with Gasteiger partial charge < -0.3 is 10.4 Å². The number of nitrogens with one attached hydrogen (secondary N) is 1. The molecule has 3 atom stereocenters. The van der Waals surface area contributed by atoms with E-state index in [9.17, 15) is 0 Å². The Kier molecular flexibility index (Phi) is 6.69. The van der Waals surface area contributed by atoms with E-state index in [0.29, 0.717) is 12.6 Å². The van der Waals surface area contributed by atoms with Crippen LogP contribution in [-0.4, -0.2) is 35.8 Å².